The zero-order chi connectivity index (χ0) is 26.4. The van der Waals surface area contributed by atoms with Crippen molar-refractivity contribution in [3.63, 3.8) is 0 Å². The van der Waals surface area contributed by atoms with E-state index in [0.717, 1.165) is 17.7 Å². The molecular weight excluding hydrogens is 480 g/mol. The summed E-state index contributed by atoms with van der Waals surface area (Å²) < 4.78 is 27.2. The van der Waals surface area contributed by atoms with Crippen LogP contribution >= 0.6 is 0 Å². The lowest BCUT2D eigenvalue weighted by molar-refractivity contribution is -0.134. The van der Waals surface area contributed by atoms with Gasteiger partial charge in [0.2, 0.25) is 5.91 Å². The third kappa shape index (κ3) is 6.14. The second-order valence-corrected chi connectivity index (χ2v) is 8.78. The van der Waals surface area contributed by atoms with Crippen molar-refractivity contribution in [1.29, 1.82) is 0 Å². The molecule has 0 spiro atoms. The van der Waals surface area contributed by atoms with Gasteiger partial charge in [-0.1, -0.05) is 37.3 Å². The molecule has 0 bridgehead atoms. The molecule has 1 aromatic heterocycles. The van der Waals surface area contributed by atoms with E-state index in [0.29, 0.717) is 38.4 Å². The van der Waals surface area contributed by atoms with Crippen molar-refractivity contribution >= 4 is 23.5 Å². The molecule has 1 aliphatic rings. The number of hydrogen-bond donors (Lipinski definition) is 2. The number of carbonyl (C=O) groups excluding carboxylic acids is 3. The largest absolute Gasteiger partial charge is 0.348 e. The predicted molar refractivity (Wildman–Crippen MR) is 133 cm³/mol. The average Bonchev–Trinajstić information content (AvgIpc) is 2.90. The highest BCUT2D eigenvalue weighted by atomic mass is 19.1. The molecule has 0 aliphatic carbocycles. The van der Waals surface area contributed by atoms with Crippen LogP contribution in [0.1, 0.15) is 58.5 Å². The van der Waals surface area contributed by atoms with E-state index in [1.165, 1.54) is 12.4 Å². The van der Waals surface area contributed by atoms with Gasteiger partial charge in [-0.05, 0) is 37.0 Å². The van der Waals surface area contributed by atoms with Crippen molar-refractivity contribution in [3.8, 4) is 0 Å². The number of nitrogens with zero attached hydrogens (tertiary/aromatic N) is 3. The third-order valence-electron chi connectivity index (χ3n) is 6.37. The van der Waals surface area contributed by atoms with E-state index in [1.807, 2.05) is 42.2 Å². The normalized spacial score (nSPS) is 14.6. The van der Waals surface area contributed by atoms with E-state index in [9.17, 15) is 23.2 Å². The van der Waals surface area contributed by atoms with Crippen LogP contribution in [0.15, 0.2) is 60.9 Å². The van der Waals surface area contributed by atoms with Crippen LogP contribution < -0.4 is 10.6 Å². The highest BCUT2D eigenvalue weighted by Gasteiger charge is 2.29. The Morgan fingerprint density at radius 2 is 1.70 bits per heavy atom. The van der Waals surface area contributed by atoms with Crippen molar-refractivity contribution in [3.05, 3.63) is 89.4 Å². The van der Waals surface area contributed by atoms with Crippen molar-refractivity contribution in [2.75, 3.05) is 18.4 Å². The second kappa shape index (κ2) is 11.7. The lowest BCUT2D eigenvalue weighted by Gasteiger charge is -2.34. The van der Waals surface area contributed by atoms with Gasteiger partial charge in [-0.25, -0.2) is 18.7 Å². The van der Waals surface area contributed by atoms with Crippen LogP contribution in [0.2, 0.25) is 0 Å². The molecule has 1 atom stereocenters. The quantitative estimate of drug-likeness (QED) is 0.505. The number of nitrogens with one attached hydrogen (secondary N) is 2. The molecule has 1 saturated heterocycles. The number of amides is 3. The van der Waals surface area contributed by atoms with Gasteiger partial charge in [0, 0.05) is 37.6 Å². The SMILES string of the molecule is CC[C@@H](C(=O)N1CCC(NC(=O)c2nccnc2NC(=O)c2ccc(F)cc2F)CC1)c1ccccc1. The van der Waals surface area contributed by atoms with Gasteiger partial charge >= 0.3 is 0 Å². The number of piperidine rings is 1. The van der Waals surface area contributed by atoms with Crippen molar-refractivity contribution in [2.24, 2.45) is 0 Å². The van der Waals surface area contributed by atoms with Crippen LogP contribution in [0.4, 0.5) is 14.6 Å². The van der Waals surface area contributed by atoms with Crippen molar-refractivity contribution in [2.45, 2.75) is 38.1 Å². The van der Waals surface area contributed by atoms with E-state index in [2.05, 4.69) is 20.6 Å². The highest BCUT2D eigenvalue weighted by molar-refractivity contribution is 6.07. The smallest absolute Gasteiger partial charge is 0.273 e. The Balaban J connectivity index is 1.36. The Bertz CT molecular complexity index is 1280. The summed E-state index contributed by atoms with van der Waals surface area (Å²) in [6, 6.07) is 12.0. The minimum absolute atomic E-state index is 0.0745. The lowest BCUT2D eigenvalue weighted by Crippen LogP contribution is -2.48. The number of carbonyl (C=O) groups is 3. The molecule has 2 heterocycles. The average molecular weight is 508 g/mol. The van der Waals surface area contributed by atoms with Gasteiger partial charge in [0.15, 0.2) is 11.5 Å². The Morgan fingerprint density at radius 3 is 2.38 bits per heavy atom. The van der Waals surface area contributed by atoms with Crippen molar-refractivity contribution < 1.29 is 23.2 Å². The zero-order valence-corrected chi connectivity index (χ0v) is 20.3. The fourth-order valence-electron chi connectivity index (χ4n) is 4.40. The predicted octanol–water partition coefficient (Wildman–Crippen LogP) is 3.92. The number of halogens is 2. The first-order chi connectivity index (χ1) is 17.9. The van der Waals surface area contributed by atoms with Crippen LogP contribution in [0.25, 0.3) is 0 Å². The Morgan fingerprint density at radius 1 is 1.00 bits per heavy atom. The Hall–Kier alpha value is -4.21. The molecule has 37 heavy (non-hydrogen) atoms. The lowest BCUT2D eigenvalue weighted by atomic mass is 9.93. The van der Waals surface area contributed by atoms with Gasteiger partial charge in [0.05, 0.1) is 11.5 Å². The fourth-order valence-corrected chi connectivity index (χ4v) is 4.40. The summed E-state index contributed by atoms with van der Waals surface area (Å²) in [7, 11) is 0. The molecule has 0 saturated carbocycles. The molecule has 192 valence electrons. The van der Waals surface area contributed by atoms with Gasteiger partial charge in [0.25, 0.3) is 11.8 Å². The number of benzene rings is 2. The van der Waals surface area contributed by atoms with Crippen molar-refractivity contribution in [1.82, 2.24) is 20.2 Å². The third-order valence-corrected chi connectivity index (χ3v) is 6.37. The van der Waals surface area contributed by atoms with Gasteiger partial charge in [0.1, 0.15) is 11.6 Å². The summed E-state index contributed by atoms with van der Waals surface area (Å²) in [6.45, 7) is 2.99. The van der Waals surface area contributed by atoms with E-state index in [1.54, 1.807) is 0 Å². The zero-order valence-electron chi connectivity index (χ0n) is 20.3. The number of likely N-dealkylation sites (tertiary alicyclic amines) is 1. The first-order valence-corrected chi connectivity index (χ1v) is 12.1. The van der Waals surface area contributed by atoms with Crippen LogP contribution in [0.3, 0.4) is 0 Å². The maximum atomic E-state index is 14.0. The standard InChI is InChI=1S/C27H27F2N5O3/c1-2-20(17-6-4-3-5-7-17)27(37)34-14-10-19(11-15-34)32-26(36)23-24(31-13-12-30-23)33-25(35)21-9-8-18(28)16-22(21)29/h3-9,12-13,16,19-20H,2,10-11,14-15H2,1H3,(H,32,36)(H,31,33,35)/t20-/m1/s1. The maximum Gasteiger partial charge on any atom is 0.273 e. The molecule has 1 fully saturated rings. The topological polar surface area (TPSA) is 104 Å². The molecule has 2 N–H and O–H groups in total. The molecule has 3 amide bonds. The first kappa shape index (κ1) is 25.9. The maximum absolute atomic E-state index is 14.0. The summed E-state index contributed by atoms with van der Waals surface area (Å²) in [5.41, 5.74) is 0.464. The van der Waals surface area contributed by atoms with E-state index < -0.39 is 29.0 Å². The molecule has 0 unspecified atom stereocenters. The summed E-state index contributed by atoms with van der Waals surface area (Å²) >= 11 is 0. The number of hydrogen-bond acceptors (Lipinski definition) is 5. The van der Waals surface area contributed by atoms with E-state index >= 15 is 0 Å². The van der Waals surface area contributed by atoms with Crippen LogP contribution in [0.5, 0.6) is 0 Å². The Labute approximate surface area is 213 Å². The Kier molecular flexibility index (Phi) is 8.17. The molecule has 0 radical (unpaired) electrons. The minimum atomic E-state index is -1.04. The number of aromatic nitrogens is 2. The van der Waals surface area contributed by atoms with E-state index in [4.69, 9.17) is 0 Å². The van der Waals surface area contributed by atoms with Crippen LogP contribution in [0, 0.1) is 11.6 Å². The van der Waals surface area contributed by atoms with Crippen LogP contribution in [-0.4, -0.2) is 51.7 Å². The summed E-state index contributed by atoms with van der Waals surface area (Å²) in [4.78, 5) is 48.4. The summed E-state index contributed by atoms with van der Waals surface area (Å²) in [5.74, 6) is -3.56. The van der Waals surface area contributed by atoms with Gasteiger partial charge in [-0.2, -0.15) is 0 Å². The van der Waals surface area contributed by atoms with Gasteiger partial charge < -0.3 is 15.5 Å². The highest BCUT2D eigenvalue weighted by Crippen LogP contribution is 2.24. The molecule has 8 nitrogen and oxygen atoms in total. The van der Waals surface area contributed by atoms with Gasteiger partial charge in [-0.15, -0.1) is 0 Å². The fraction of sp³-hybridized carbons (Fsp3) is 0.296. The second-order valence-electron chi connectivity index (χ2n) is 8.78. The summed E-state index contributed by atoms with van der Waals surface area (Å²) in [5, 5.41) is 5.26. The summed E-state index contributed by atoms with van der Waals surface area (Å²) in [6.07, 6.45) is 4.41. The van der Waals surface area contributed by atoms with Crippen LogP contribution in [-0.2, 0) is 4.79 Å². The van der Waals surface area contributed by atoms with Gasteiger partial charge in [-0.3, -0.25) is 14.4 Å². The molecular formula is C27H27F2N5O3. The monoisotopic (exact) mass is 507 g/mol. The number of anilines is 1. The molecule has 2 aromatic carbocycles. The molecule has 3 aromatic rings. The number of rotatable bonds is 7. The minimum Gasteiger partial charge on any atom is -0.348 e. The van der Waals surface area contributed by atoms with E-state index in [-0.39, 0.29) is 29.4 Å². The molecule has 10 heteroatoms. The molecule has 1 aliphatic heterocycles. The first-order valence-electron chi connectivity index (χ1n) is 12.1. The molecule has 4 rings (SSSR count).